The number of amides is 2. The quantitative estimate of drug-likeness (QED) is 0.866. The highest BCUT2D eigenvalue weighted by Gasteiger charge is 2.39. The second-order valence-corrected chi connectivity index (χ2v) is 4.30. The van der Waals surface area contributed by atoms with Gasteiger partial charge in [-0.1, -0.05) is 30.3 Å². The van der Waals surface area contributed by atoms with Gasteiger partial charge in [-0.05, 0) is 18.9 Å². The van der Waals surface area contributed by atoms with E-state index in [0.717, 1.165) is 10.5 Å². The molecule has 18 heavy (non-hydrogen) atoms. The minimum atomic E-state index is -1.20. The number of aliphatic hydroxyl groups is 1. The van der Waals surface area contributed by atoms with Crippen LogP contribution in [0.25, 0.3) is 0 Å². The van der Waals surface area contributed by atoms with Gasteiger partial charge in [0.25, 0.3) is 5.91 Å². The lowest BCUT2D eigenvalue weighted by Crippen LogP contribution is -2.44. The molecule has 0 aliphatic carbocycles. The van der Waals surface area contributed by atoms with Crippen LogP contribution < -0.4 is 0 Å². The lowest BCUT2D eigenvalue weighted by Gasteiger charge is -2.20. The molecule has 1 aromatic rings. The molecule has 2 amide bonds. The average molecular weight is 249 g/mol. The zero-order valence-corrected chi connectivity index (χ0v) is 10.1. The molecule has 0 bridgehead atoms. The van der Waals surface area contributed by atoms with Gasteiger partial charge >= 0.3 is 6.09 Å². The summed E-state index contributed by atoms with van der Waals surface area (Å²) in [4.78, 5) is 24.2. The molecule has 1 aliphatic rings. The second kappa shape index (κ2) is 5.18. The van der Waals surface area contributed by atoms with Crippen LogP contribution in [-0.4, -0.2) is 40.8 Å². The predicted molar refractivity (Wildman–Crippen MR) is 63.8 cm³/mol. The van der Waals surface area contributed by atoms with E-state index in [0.29, 0.717) is 6.42 Å². The fourth-order valence-corrected chi connectivity index (χ4v) is 1.97. The molecular weight excluding hydrogens is 234 g/mol. The summed E-state index contributed by atoms with van der Waals surface area (Å²) in [5.41, 5.74) is 1.02. The van der Waals surface area contributed by atoms with Crippen molar-refractivity contribution in [3.63, 3.8) is 0 Å². The van der Waals surface area contributed by atoms with Crippen LogP contribution in [-0.2, 0) is 16.0 Å². The monoisotopic (exact) mass is 249 g/mol. The Hall–Kier alpha value is -1.88. The standard InChI is InChI=1S/C13H15NO4/c1-9(15)12(16)14-11(8-18-13(14)17)7-10-5-3-2-4-6-10/h2-6,9,11,15H,7-8H2,1H3/t9?,11-/m0/s1. The Labute approximate surface area is 105 Å². The molecule has 2 rings (SSSR count). The van der Waals surface area contributed by atoms with E-state index in [1.165, 1.54) is 6.92 Å². The summed E-state index contributed by atoms with van der Waals surface area (Å²) in [5.74, 6) is -0.613. The first-order valence-corrected chi connectivity index (χ1v) is 5.81. The molecule has 1 unspecified atom stereocenters. The van der Waals surface area contributed by atoms with E-state index in [9.17, 15) is 14.7 Å². The first-order chi connectivity index (χ1) is 8.59. The Kier molecular flexibility index (Phi) is 3.62. The fourth-order valence-electron chi connectivity index (χ4n) is 1.97. The van der Waals surface area contributed by atoms with Crippen LogP contribution in [0.5, 0.6) is 0 Å². The molecule has 0 radical (unpaired) electrons. The summed E-state index contributed by atoms with van der Waals surface area (Å²) in [5, 5.41) is 9.28. The number of hydrogen-bond donors (Lipinski definition) is 1. The van der Waals surface area contributed by atoms with Gasteiger partial charge < -0.3 is 9.84 Å². The van der Waals surface area contributed by atoms with Crippen molar-refractivity contribution in [3.8, 4) is 0 Å². The van der Waals surface area contributed by atoms with Crippen LogP contribution in [0.2, 0.25) is 0 Å². The zero-order chi connectivity index (χ0) is 13.1. The molecule has 1 N–H and O–H groups in total. The lowest BCUT2D eigenvalue weighted by molar-refractivity contribution is -0.137. The number of cyclic esters (lactones) is 1. The summed E-state index contributed by atoms with van der Waals surface area (Å²) in [6.45, 7) is 1.51. The molecular formula is C13H15NO4. The maximum atomic E-state index is 11.7. The third kappa shape index (κ3) is 2.51. The zero-order valence-electron chi connectivity index (χ0n) is 10.1. The highest BCUT2D eigenvalue weighted by molar-refractivity contribution is 5.95. The predicted octanol–water partition coefficient (Wildman–Crippen LogP) is 0.957. The number of hydrogen-bond acceptors (Lipinski definition) is 4. The SMILES string of the molecule is CC(O)C(=O)N1C(=O)OC[C@@H]1Cc1ccccc1. The third-order valence-electron chi connectivity index (χ3n) is 2.87. The molecule has 2 atom stereocenters. The van der Waals surface area contributed by atoms with Crippen LogP contribution in [0, 0.1) is 0 Å². The molecule has 1 saturated heterocycles. The van der Waals surface area contributed by atoms with Gasteiger partial charge in [0, 0.05) is 0 Å². The summed E-state index contributed by atoms with van der Waals surface area (Å²) >= 11 is 0. The molecule has 0 spiro atoms. The van der Waals surface area contributed by atoms with Crippen molar-refractivity contribution >= 4 is 12.0 Å². The number of carbonyl (C=O) groups excluding carboxylic acids is 2. The summed E-state index contributed by atoms with van der Waals surface area (Å²) < 4.78 is 4.88. The average Bonchev–Trinajstić information content (AvgIpc) is 2.71. The van der Waals surface area contributed by atoms with Crippen molar-refractivity contribution < 1.29 is 19.4 Å². The van der Waals surface area contributed by atoms with E-state index in [1.54, 1.807) is 0 Å². The highest BCUT2D eigenvalue weighted by Crippen LogP contribution is 2.18. The van der Waals surface area contributed by atoms with Gasteiger partial charge in [0.1, 0.15) is 12.7 Å². The van der Waals surface area contributed by atoms with Crippen molar-refractivity contribution in [2.75, 3.05) is 6.61 Å². The van der Waals surface area contributed by atoms with E-state index >= 15 is 0 Å². The molecule has 96 valence electrons. The van der Waals surface area contributed by atoms with Crippen LogP contribution >= 0.6 is 0 Å². The number of benzene rings is 1. The topological polar surface area (TPSA) is 66.8 Å². The van der Waals surface area contributed by atoms with Crippen molar-refractivity contribution in [2.45, 2.75) is 25.5 Å². The molecule has 5 heteroatoms. The first kappa shape index (κ1) is 12.6. The molecule has 1 aliphatic heterocycles. The van der Waals surface area contributed by atoms with Crippen molar-refractivity contribution in [1.82, 2.24) is 4.90 Å². The van der Waals surface area contributed by atoms with Crippen molar-refractivity contribution in [2.24, 2.45) is 0 Å². The molecule has 0 aromatic heterocycles. The molecule has 1 fully saturated rings. The highest BCUT2D eigenvalue weighted by atomic mass is 16.6. The van der Waals surface area contributed by atoms with Crippen molar-refractivity contribution in [1.29, 1.82) is 0 Å². The van der Waals surface area contributed by atoms with Gasteiger partial charge in [0.2, 0.25) is 0 Å². The normalized spacial score (nSPS) is 20.7. The fraction of sp³-hybridized carbons (Fsp3) is 0.385. The maximum Gasteiger partial charge on any atom is 0.417 e. The van der Waals surface area contributed by atoms with Crippen LogP contribution in [0.3, 0.4) is 0 Å². The number of rotatable bonds is 3. The second-order valence-electron chi connectivity index (χ2n) is 4.30. The van der Waals surface area contributed by atoms with E-state index in [-0.39, 0.29) is 12.6 Å². The van der Waals surface area contributed by atoms with Crippen LogP contribution in [0.15, 0.2) is 30.3 Å². The Morgan fingerprint density at radius 3 is 2.78 bits per heavy atom. The summed E-state index contributed by atoms with van der Waals surface area (Å²) in [6, 6.07) is 9.20. The maximum absolute atomic E-state index is 11.7. The largest absolute Gasteiger partial charge is 0.447 e. The van der Waals surface area contributed by atoms with Gasteiger partial charge in [0.05, 0.1) is 6.04 Å². The molecule has 5 nitrogen and oxygen atoms in total. The van der Waals surface area contributed by atoms with Gasteiger partial charge in [-0.15, -0.1) is 0 Å². The number of carbonyl (C=O) groups is 2. The van der Waals surface area contributed by atoms with Crippen LogP contribution in [0.1, 0.15) is 12.5 Å². The minimum Gasteiger partial charge on any atom is -0.447 e. The van der Waals surface area contributed by atoms with E-state index in [2.05, 4.69) is 0 Å². The molecule has 1 heterocycles. The van der Waals surface area contributed by atoms with Gasteiger partial charge in [-0.25, -0.2) is 9.69 Å². The first-order valence-electron chi connectivity index (χ1n) is 5.81. The van der Waals surface area contributed by atoms with E-state index in [1.807, 2.05) is 30.3 Å². The molecule has 1 aromatic carbocycles. The Balaban J connectivity index is 2.12. The van der Waals surface area contributed by atoms with E-state index in [4.69, 9.17) is 4.74 Å². The molecule has 0 saturated carbocycles. The summed E-state index contributed by atoms with van der Waals surface area (Å²) in [6.07, 6.45) is -1.35. The minimum absolute atomic E-state index is 0.173. The number of imide groups is 1. The number of ether oxygens (including phenoxy) is 1. The lowest BCUT2D eigenvalue weighted by atomic mass is 10.1. The Bertz CT molecular complexity index is 444. The van der Waals surface area contributed by atoms with Gasteiger partial charge in [-0.3, -0.25) is 4.79 Å². The Morgan fingerprint density at radius 1 is 1.50 bits per heavy atom. The number of aliphatic hydroxyl groups excluding tert-OH is 1. The van der Waals surface area contributed by atoms with Gasteiger partial charge in [0.15, 0.2) is 0 Å². The smallest absolute Gasteiger partial charge is 0.417 e. The van der Waals surface area contributed by atoms with Crippen LogP contribution in [0.4, 0.5) is 4.79 Å². The number of nitrogens with zero attached hydrogens (tertiary/aromatic N) is 1. The van der Waals surface area contributed by atoms with Crippen molar-refractivity contribution in [3.05, 3.63) is 35.9 Å². The van der Waals surface area contributed by atoms with E-state index < -0.39 is 18.1 Å². The van der Waals surface area contributed by atoms with Gasteiger partial charge in [-0.2, -0.15) is 0 Å². The third-order valence-corrected chi connectivity index (χ3v) is 2.87. The summed E-state index contributed by atoms with van der Waals surface area (Å²) in [7, 11) is 0. The Morgan fingerprint density at radius 2 is 2.17 bits per heavy atom.